The van der Waals surface area contributed by atoms with Gasteiger partial charge in [-0.2, -0.15) is 0 Å². The van der Waals surface area contributed by atoms with Crippen molar-refractivity contribution < 1.29 is 14.7 Å². The Hall–Kier alpha value is -2.14. The summed E-state index contributed by atoms with van der Waals surface area (Å²) in [5, 5.41) is 10.3. The van der Waals surface area contributed by atoms with Crippen molar-refractivity contribution in [1.29, 1.82) is 0 Å². The Morgan fingerprint density at radius 3 is 2.61 bits per heavy atom. The molecule has 0 bridgehead atoms. The fourth-order valence-corrected chi connectivity index (χ4v) is 2.48. The summed E-state index contributed by atoms with van der Waals surface area (Å²) in [6, 6.07) is 8.79. The van der Waals surface area contributed by atoms with Gasteiger partial charge in [0, 0.05) is 23.5 Å². The molecule has 0 spiro atoms. The predicted octanol–water partition coefficient (Wildman–Crippen LogP) is 3.46. The van der Waals surface area contributed by atoms with Gasteiger partial charge in [0.15, 0.2) is 0 Å². The van der Waals surface area contributed by atoms with Crippen molar-refractivity contribution in [2.45, 2.75) is 20.3 Å². The highest BCUT2D eigenvalue weighted by Crippen LogP contribution is 2.19. The molecule has 5 nitrogen and oxygen atoms in total. The van der Waals surface area contributed by atoms with E-state index in [4.69, 9.17) is 16.7 Å². The van der Waals surface area contributed by atoms with Crippen molar-refractivity contribution >= 4 is 34.4 Å². The quantitative estimate of drug-likeness (QED) is 0.878. The molecule has 23 heavy (non-hydrogen) atoms. The highest BCUT2D eigenvalue weighted by atomic mass is 35.5. The first-order chi connectivity index (χ1) is 10.9. The standard InChI is InChI=1S/C17H19ClN2O3/c1-11(2)10-20(8-7-16(21)22)17(23)14-6-4-12-3-5-13(18)9-15(12)19-14/h3-6,9,11H,7-8,10H2,1-2H3,(H,21,22). The van der Waals surface area contributed by atoms with Crippen LogP contribution in [0.15, 0.2) is 30.3 Å². The van der Waals surface area contributed by atoms with Gasteiger partial charge in [-0.15, -0.1) is 0 Å². The van der Waals surface area contributed by atoms with Crippen LogP contribution in [0.1, 0.15) is 30.8 Å². The number of halogens is 1. The minimum absolute atomic E-state index is 0.0854. The van der Waals surface area contributed by atoms with Gasteiger partial charge in [0.1, 0.15) is 5.69 Å². The van der Waals surface area contributed by atoms with Crippen molar-refractivity contribution in [3.8, 4) is 0 Å². The number of nitrogens with zero attached hydrogens (tertiary/aromatic N) is 2. The third-order valence-electron chi connectivity index (χ3n) is 3.34. The number of carbonyl (C=O) groups is 2. The normalized spacial score (nSPS) is 11.0. The SMILES string of the molecule is CC(C)CN(CCC(=O)O)C(=O)c1ccc2ccc(Cl)cc2n1. The number of rotatable bonds is 6. The summed E-state index contributed by atoms with van der Waals surface area (Å²) < 4.78 is 0. The lowest BCUT2D eigenvalue weighted by Gasteiger charge is -2.23. The van der Waals surface area contributed by atoms with Crippen molar-refractivity contribution in [3.05, 3.63) is 41.0 Å². The van der Waals surface area contributed by atoms with Crippen molar-refractivity contribution in [2.24, 2.45) is 5.92 Å². The molecule has 0 fully saturated rings. The Morgan fingerprint density at radius 1 is 1.26 bits per heavy atom. The lowest BCUT2D eigenvalue weighted by atomic mass is 10.1. The third-order valence-corrected chi connectivity index (χ3v) is 3.58. The van der Waals surface area contributed by atoms with Gasteiger partial charge >= 0.3 is 5.97 Å². The van der Waals surface area contributed by atoms with Crippen LogP contribution in [-0.2, 0) is 4.79 Å². The Bertz CT molecular complexity index is 731. The molecule has 0 aliphatic rings. The lowest BCUT2D eigenvalue weighted by molar-refractivity contribution is -0.137. The van der Waals surface area contributed by atoms with Gasteiger partial charge in [-0.1, -0.05) is 37.6 Å². The monoisotopic (exact) mass is 334 g/mol. The van der Waals surface area contributed by atoms with E-state index in [2.05, 4.69) is 4.98 Å². The van der Waals surface area contributed by atoms with Gasteiger partial charge in [0.05, 0.1) is 11.9 Å². The number of amides is 1. The molecule has 0 aliphatic carbocycles. The van der Waals surface area contributed by atoms with Gasteiger partial charge in [-0.3, -0.25) is 9.59 Å². The predicted molar refractivity (Wildman–Crippen MR) is 89.7 cm³/mol. The highest BCUT2D eigenvalue weighted by molar-refractivity contribution is 6.31. The van der Waals surface area contributed by atoms with E-state index in [1.165, 1.54) is 4.90 Å². The summed E-state index contributed by atoms with van der Waals surface area (Å²) in [6.07, 6.45) is -0.0854. The first kappa shape index (κ1) is 17.2. The maximum absolute atomic E-state index is 12.7. The summed E-state index contributed by atoms with van der Waals surface area (Å²) in [5.41, 5.74) is 0.942. The number of carboxylic acid groups (broad SMARTS) is 1. The van der Waals surface area contributed by atoms with Crippen LogP contribution in [0.2, 0.25) is 5.02 Å². The highest BCUT2D eigenvalue weighted by Gasteiger charge is 2.19. The first-order valence-electron chi connectivity index (χ1n) is 7.44. The maximum Gasteiger partial charge on any atom is 0.305 e. The van der Waals surface area contributed by atoms with Crippen LogP contribution in [0, 0.1) is 5.92 Å². The number of hydrogen-bond donors (Lipinski definition) is 1. The Labute approximate surface area is 139 Å². The number of pyridine rings is 1. The summed E-state index contributed by atoms with van der Waals surface area (Å²) in [7, 11) is 0. The molecule has 0 aliphatic heterocycles. The molecule has 0 radical (unpaired) electrons. The molecule has 1 aromatic carbocycles. The second-order valence-electron chi connectivity index (χ2n) is 5.82. The van der Waals surface area contributed by atoms with Gasteiger partial charge in [-0.05, 0) is 24.1 Å². The Morgan fingerprint density at radius 2 is 1.96 bits per heavy atom. The third kappa shape index (κ3) is 4.66. The molecule has 1 aromatic heterocycles. The van der Waals surface area contributed by atoms with Crippen molar-refractivity contribution in [3.63, 3.8) is 0 Å². The minimum atomic E-state index is -0.926. The van der Waals surface area contributed by atoms with E-state index < -0.39 is 5.97 Å². The van der Waals surface area contributed by atoms with E-state index in [0.717, 1.165) is 5.39 Å². The van der Waals surface area contributed by atoms with E-state index in [-0.39, 0.29) is 24.8 Å². The molecule has 0 unspecified atom stereocenters. The van der Waals surface area contributed by atoms with Crippen LogP contribution >= 0.6 is 11.6 Å². The van der Waals surface area contributed by atoms with Crippen LogP contribution in [-0.4, -0.2) is 40.0 Å². The zero-order valence-corrected chi connectivity index (χ0v) is 13.9. The first-order valence-corrected chi connectivity index (χ1v) is 7.82. The van der Waals surface area contributed by atoms with Crippen LogP contribution in [0.3, 0.4) is 0 Å². The molecule has 0 saturated heterocycles. The Balaban J connectivity index is 2.28. The average Bonchev–Trinajstić information content (AvgIpc) is 2.49. The fourth-order valence-electron chi connectivity index (χ4n) is 2.32. The summed E-state index contributed by atoms with van der Waals surface area (Å²) in [6.45, 7) is 4.62. The average molecular weight is 335 g/mol. The van der Waals surface area contributed by atoms with E-state index in [9.17, 15) is 9.59 Å². The van der Waals surface area contributed by atoms with Gasteiger partial charge < -0.3 is 10.0 Å². The molecule has 2 rings (SSSR count). The number of hydrogen-bond acceptors (Lipinski definition) is 3. The molecule has 2 aromatic rings. The molecule has 0 saturated carbocycles. The van der Waals surface area contributed by atoms with Crippen molar-refractivity contribution in [2.75, 3.05) is 13.1 Å². The van der Waals surface area contributed by atoms with Crippen molar-refractivity contribution in [1.82, 2.24) is 9.88 Å². The maximum atomic E-state index is 12.7. The number of carbonyl (C=O) groups excluding carboxylic acids is 1. The number of benzene rings is 1. The van der Waals surface area contributed by atoms with E-state index in [0.29, 0.717) is 22.8 Å². The largest absolute Gasteiger partial charge is 0.481 e. The number of aliphatic carboxylic acids is 1. The number of fused-ring (bicyclic) bond motifs is 1. The van der Waals surface area contributed by atoms with Crippen LogP contribution in [0.4, 0.5) is 0 Å². The molecular formula is C17H19ClN2O3. The second kappa shape index (κ2) is 7.42. The molecule has 1 heterocycles. The number of aromatic nitrogens is 1. The molecule has 1 N–H and O–H groups in total. The van der Waals surface area contributed by atoms with E-state index >= 15 is 0 Å². The molecular weight excluding hydrogens is 316 g/mol. The number of carboxylic acids is 1. The lowest BCUT2D eigenvalue weighted by Crippen LogP contribution is -2.36. The van der Waals surface area contributed by atoms with Gasteiger partial charge in [0.25, 0.3) is 5.91 Å². The van der Waals surface area contributed by atoms with E-state index in [1.807, 2.05) is 26.0 Å². The smallest absolute Gasteiger partial charge is 0.305 e. The Kier molecular flexibility index (Phi) is 5.55. The molecule has 1 amide bonds. The zero-order chi connectivity index (χ0) is 17.0. The summed E-state index contributed by atoms with van der Waals surface area (Å²) in [5.74, 6) is -0.950. The molecule has 122 valence electrons. The second-order valence-corrected chi connectivity index (χ2v) is 6.26. The van der Waals surface area contributed by atoms with Crippen LogP contribution in [0.25, 0.3) is 10.9 Å². The van der Waals surface area contributed by atoms with Crippen LogP contribution in [0.5, 0.6) is 0 Å². The topological polar surface area (TPSA) is 70.5 Å². The zero-order valence-electron chi connectivity index (χ0n) is 13.1. The van der Waals surface area contributed by atoms with Gasteiger partial charge in [-0.25, -0.2) is 4.98 Å². The van der Waals surface area contributed by atoms with Gasteiger partial charge in [0.2, 0.25) is 0 Å². The van der Waals surface area contributed by atoms with Crippen LogP contribution < -0.4 is 0 Å². The summed E-state index contributed by atoms with van der Waals surface area (Å²) >= 11 is 5.97. The molecule has 6 heteroatoms. The minimum Gasteiger partial charge on any atom is -0.481 e. The summed E-state index contributed by atoms with van der Waals surface area (Å²) in [4.78, 5) is 29.4. The van der Waals surface area contributed by atoms with E-state index in [1.54, 1.807) is 18.2 Å². The fraction of sp³-hybridized carbons (Fsp3) is 0.353. The molecule has 0 atom stereocenters.